The summed E-state index contributed by atoms with van der Waals surface area (Å²) in [6, 6.07) is 4.77. The molecular weight excluding hydrogens is 347 g/mol. The molecule has 2 heteroatoms. The molecule has 1 aromatic rings. The summed E-state index contributed by atoms with van der Waals surface area (Å²) in [5.41, 5.74) is 0. The first-order chi connectivity index (χ1) is 2.50. The van der Waals surface area contributed by atoms with Crippen LogP contribution < -0.4 is 0 Å². The zero-order chi connectivity index (χ0) is 3.54. The van der Waals surface area contributed by atoms with Crippen molar-refractivity contribution in [2.75, 3.05) is 0 Å². The summed E-state index contributed by atoms with van der Waals surface area (Å²) in [5.74, 6) is 0. The van der Waals surface area contributed by atoms with E-state index in [0.717, 1.165) is 0 Å². The molecule has 0 aromatic carbocycles. The molecule has 1 aromatic heterocycles. The fourth-order valence-corrected chi connectivity index (χ4v) is 0.589. The zero-order valence-corrected chi connectivity index (χ0v) is 10.6. The van der Waals surface area contributed by atoms with Crippen molar-refractivity contribution in [3.63, 3.8) is 0 Å². The summed E-state index contributed by atoms with van der Waals surface area (Å²) in [5, 5.41) is 3.90. The van der Waals surface area contributed by atoms with E-state index in [4.69, 9.17) is 0 Å². The van der Waals surface area contributed by atoms with Gasteiger partial charge in [0.1, 0.15) is 0 Å². The maximum absolute atomic E-state index is 2.88. The van der Waals surface area contributed by atoms with Crippen LogP contribution in [0.2, 0.25) is 0 Å². The molecule has 0 spiro atoms. The predicted molar refractivity (Wildman–Crippen MR) is 23.2 cm³/mol. The van der Waals surface area contributed by atoms with Crippen LogP contribution in [-0.4, -0.2) is 0 Å². The SMILES string of the molecule is [Rf].[c-]1ccsc1. The van der Waals surface area contributed by atoms with E-state index < -0.39 is 0 Å². The first kappa shape index (κ1) is 4.70. The van der Waals surface area contributed by atoms with E-state index >= 15 is 0 Å². The van der Waals surface area contributed by atoms with Gasteiger partial charge in [0.15, 0.2) is 0 Å². The molecule has 0 aliphatic heterocycles. The van der Waals surface area contributed by atoms with Gasteiger partial charge in [0.25, 0.3) is 0 Å². The van der Waals surface area contributed by atoms with Gasteiger partial charge in [0.2, 0.25) is 0 Å². The molecular formula is C4H3RfS-. The van der Waals surface area contributed by atoms with E-state index in [9.17, 15) is 0 Å². The second kappa shape index (κ2) is 1.97. The third-order valence-corrected chi connectivity index (χ3v) is 0.944. The van der Waals surface area contributed by atoms with Gasteiger partial charge in [-0.3, -0.25) is 11.3 Å². The summed E-state index contributed by atoms with van der Waals surface area (Å²) < 4.78 is 0. The summed E-state index contributed by atoms with van der Waals surface area (Å²) in [6.07, 6.45) is 0. The van der Waals surface area contributed by atoms with Crippen LogP contribution in [0.1, 0.15) is 0 Å². The second-order valence-corrected chi connectivity index (χ2v) is 1.50. The maximum atomic E-state index is 2.88. The molecule has 0 bridgehead atoms. The molecule has 0 unspecified atom stereocenters. The Morgan fingerprint density at radius 1 is 1.50 bits per heavy atom. The third-order valence-electron chi connectivity index (χ3n) is 0.379. The minimum Gasteiger partial charge on any atom is -0.273 e. The number of thiophene rings is 1. The Bertz CT molecular complexity index is 64.0. The Morgan fingerprint density at radius 3 is 2.50 bits per heavy atom. The van der Waals surface area contributed by atoms with E-state index in [1.165, 1.54) is 0 Å². The van der Waals surface area contributed by atoms with Crippen LogP contribution in [0.3, 0.4) is 0 Å². The Morgan fingerprint density at radius 2 is 2.33 bits per heavy atom. The van der Waals surface area contributed by atoms with Crippen molar-refractivity contribution in [3.05, 3.63) is 22.9 Å². The van der Waals surface area contributed by atoms with Crippen molar-refractivity contribution in [2.24, 2.45) is 0 Å². The van der Waals surface area contributed by atoms with Crippen molar-refractivity contribution < 1.29 is 0 Å². The van der Waals surface area contributed by atoms with Crippen LogP contribution in [-0.2, 0) is 0 Å². The van der Waals surface area contributed by atoms with Crippen LogP contribution in [0.25, 0.3) is 0 Å². The Balaban J connectivity index is 0.000000250. The fourth-order valence-electron chi connectivity index (χ4n) is 0.196. The standard InChI is InChI=1S/C4H3S.Rf/c1-2-4-5-3-1;/h1,3-4H;/q-1;. The molecule has 0 amide bonds. The molecule has 28 valence electrons. The average molecular weight is 350 g/mol. The number of hydrogen-bond donors (Lipinski definition) is 0. The largest absolute Gasteiger partial charge is 0.273 e. The monoisotopic (exact) mass is 350 g/mol. The van der Waals surface area contributed by atoms with Crippen LogP contribution in [0, 0.1) is 6.07 Å². The van der Waals surface area contributed by atoms with Gasteiger partial charge in [-0.25, -0.2) is 12.1 Å². The van der Waals surface area contributed by atoms with E-state index in [-0.39, 0.29) is 0 Å². The topological polar surface area (TPSA) is 0 Å². The third kappa shape index (κ3) is 0.570. The van der Waals surface area contributed by atoms with Crippen LogP contribution in [0.5, 0.6) is 0 Å². The zero-order valence-electron chi connectivity index (χ0n) is 3.35. The van der Waals surface area contributed by atoms with Gasteiger partial charge in [-0.05, 0) is 0 Å². The summed E-state index contributed by atoms with van der Waals surface area (Å²) >= 11 is 1.66. The minimum atomic E-state index is 0. The molecule has 0 saturated carbocycles. The Kier molecular flexibility index (Phi) is 1.54. The summed E-state index contributed by atoms with van der Waals surface area (Å²) in [7, 11) is 0. The molecule has 0 N–H and O–H groups in total. The summed E-state index contributed by atoms with van der Waals surface area (Å²) in [4.78, 5) is 0. The molecule has 0 radical (unpaired) electrons. The van der Waals surface area contributed by atoms with Gasteiger partial charge >= 0.3 is 0 Å². The molecule has 6 heavy (non-hydrogen) atoms. The molecule has 0 saturated heterocycles. The quantitative estimate of drug-likeness (QED) is 0.623. The molecule has 0 atom stereocenters. The van der Waals surface area contributed by atoms with Gasteiger partial charge in [0, 0.05) is 0 Å². The van der Waals surface area contributed by atoms with Gasteiger partial charge in [-0.15, -0.1) is 5.38 Å². The Labute approximate surface area is 35.1 Å². The Hall–Kier alpha value is -1.30. The van der Waals surface area contributed by atoms with Crippen LogP contribution in [0.4, 0.5) is 0 Å². The van der Waals surface area contributed by atoms with Gasteiger partial charge in [-0.2, -0.15) is 5.38 Å². The van der Waals surface area contributed by atoms with Gasteiger partial charge < -0.3 is 0 Å². The van der Waals surface area contributed by atoms with Crippen molar-refractivity contribution in [2.45, 2.75) is 0 Å². The van der Waals surface area contributed by atoms with E-state index in [2.05, 4.69) is 6.07 Å². The molecule has 0 nitrogen and oxygen atoms in total. The van der Waals surface area contributed by atoms with Crippen molar-refractivity contribution >= 4 is 11.3 Å². The minimum absolute atomic E-state index is 0. The maximum Gasteiger partial charge on any atom is 0 e. The first-order valence-electron chi connectivity index (χ1n) is 1.38. The molecule has 1 heterocycles. The molecule has 0 aliphatic rings. The van der Waals surface area contributed by atoms with Gasteiger partial charge in [-0.1, -0.05) is 0 Å². The van der Waals surface area contributed by atoms with Crippen molar-refractivity contribution in [3.8, 4) is 0 Å². The smallest absolute Gasteiger partial charge is 0 e. The van der Waals surface area contributed by atoms with E-state index in [1.807, 2.05) is 16.8 Å². The van der Waals surface area contributed by atoms with Gasteiger partial charge in [0.05, 0.1) is 0 Å². The van der Waals surface area contributed by atoms with Crippen LogP contribution in [0.15, 0.2) is 16.8 Å². The molecule has 0 fully saturated rings. The predicted octanol–water partition coefficient (Wildman–Crippen LogP) is 1.55. The molecule has 0 aliphatic carbocycles. The molecule has 1 rings (SSSR count). The van der Waals surface area contributed by atoms with E-state index in [1.54, 1.807) is 11.3 Å². The van der Waals surface area contributed by atoms with E-state index in [0.29, 0.717) is 0 Å². The first-order valence-corrected chi connectivity index (χ1v) is 2.32. The van der Waals surface area contributed by atoms with Crippen LogP contribution >= 0.6 is 11.3 Å². The average Bonchev–Trinajstić information content (AvgIpc) is 1.76. The normalized spacial score (nSPS) is 6.67. The summed E-state index contributed by atoms with van der Waals surface area (Å²) in [6.45, 7) is 0. The van der Waals surface area contributed by atoms with Crippen molar-refractivity contribution in [1.29, 1.82) is 0 Å². The van der Waals surface area contributed by atoms with Crippen molar-refractivity contribution in [1.82, 2.24) is 0 Å². The second-order valence-electron chi connectivity index (χ2n) is 0.723. The number of hydrogen-bond acceptors (Lipinski definition) is 1. The fraction of sp³-hybridized carbons (Fsp3) is 0. The number of rotatable bonds is 0.